The van der Waals surface area contributed by atoms with Gasteiger partial charge in [-0.3, -0.25) is 14.5 Å². The highest BCUT2D eigenvalue weighted by Gasteiger charge is 2.34. The van der Waals surface area contributed by atoms with E-state index in [2.05, 4.69) is 10.3 Å². The van der Waals surface area contributed by atoms with Gasteiger partial charge in [-0.1, -0.05) is 24.3 Å². The van der Waals surface area contributed by atoms with Crippen molar-refractivity contribution in [3.63, 3.8) is 0 Å². The summed E-state index contributed by atoms with van der Waals surface area (Å²) in [4.78, 5) is 43.7. The molecule has 1 fully saturated rings. The first-order chi connectivity index (χ1) is 16.6. The van der Waals surface area contributed by atoms with E-state index in [1.807, 2.05) is 37.8 Å². The minimum absolute atomic E-state index is 0.219. The SMILES string of the molecule is CC(C)(C)OC(=O)N1CCN(C(C(=O)O)c2c[nH]c3cc(NC(=O)c4ccccc4)ccc23)CC1. The molecular weight excluding hydrogens is 448 g/mol. The van der Waals surface area contributed by atoms with Gasteiger partial charge in [0.1, 0.15) is 11.6 Å². The van der Waals surface area contributed by atoms with Gasteiger partial charge in [0, 0.05) is 60.1 Å². The maximum absolute atomic E-state index is 12.5. The molecule has 1 aromatic heterocycles. The molecule has 1 aliphatic rings. The normalized spacial score (nSPS) is 15.6. The molecular formula is C26H30N4O5. The minimum atomic E-state index is -0.960. The zero-order chi connectivity index (χ0) is 25.2. The topological polar surface area (TPSA) is 115 Å². The molecule has 0 aliphatic carbocycles. The summed E-state index contributed by atoms with van der Waals surface area (Å²) in [5.41, 5.74) is 1.94. The van der Waals surface area contributed by atoms with E-state index in [1.54, 1.807) is 47.5 Å². The predicted molar refractivity (Wildman–Crippen MR) is 132 cm³/mol. The lowest BCUT2D eigenvalue weighted by Gasteiger charge is -2.38. The van der Waals surface area contributed by atoms with Gasteiger partial charge in [-0.15, -0.1) is 0 Å². The molecule has 2 heterocycles. The van der Waals surface area contributed by atoms with E-state index in [0.717, 1.165) is 10.9 Å². The Hall–Kier alpha value is -3.85. The van der Waals surface area contributed by atoms with Gasteiger partial charge in [-0.25, -0.2) is 4.79 Å². The number of carbonyl (C=O) groups excluding carboxylic acids is 2. The molecule has 9 heteroatoms. The van der Waals surface area contributed by atoms with Gasteiger partial charge in [0.05, 0.1) is 0 Å². The van der Waals surface area contributed by atoms with Crippen LogP contribution in [0.1, 0.15) is 42.7 Å². The number of aromatic nitrogens is 1. The fourth-order valence-corrected chi connectivity index (χ4v) is 4.22. The molecule has 0 radical (unpaired) electrons. The van der Waals surface area contributed by atoms with Crippen molar-refractivity contribution in [1.82, 2.24) is 14.8 Å². The number of amides is 2. The fraction of sp³-hybridized carbons (Fsp3) is 0.346. The molecule has 1 atom stereocenters. The van der Waals surface area contributed by atoms with E-state index in [9.17, 15) is 19.5 Å². The summed E-state index contributed by atoms with van der Waals surface area (Å²) in [5, 5.41) is 13.7. The molecule has 3 N–H and O–H groups in total. The number of rotatable bonds is 5. The number of carbonyl (C=O) groups is 3. The Kier molecular flexibility index (Phi) is 6.79. The number of aromatic amines is 1. The van der Waals surface area contributed by atoms with E-state index < -0.39 is 17.6 Å². The molecule has 3 aromatic rings. The van der Waals surface area contributed by atoms with Gasteiger partial charge in [0.15, 0.2) is 0 Å². The quantitative estimate of drug-likeness (QED) is 0.509. The standard InChI is InChI=1S/C26H30N4O5/c1-26(2,3)35-25(34)30-13-11-29(12-14-30)22(24(32)33)20-16-27-21-15-18(9-10-19(20)21)28-23(31)17-7-5-4-6-8-17/h4-10,15-16,22,27H,11-14H2,1-3H3,(H,28,31)(H,32,33). The number of hydrogen-bond acceptors (Lipinski definition) is 5. The van der Waals surface area contributed by atoms with Gasteiger partial charge in [0.2, 0.25) is 0 Å². The number of carboxylic acids is 1. The van der Waals surface area contributed by atoms with Crippen LogP contribution in [0, 0.1) is 0 Å². The maximum Gasteiger partial charge on any atom is 0.410 e. The van der Waals surface area contributed by atoms with Crippen molar-refractivity contribution >= 4 is 34.6 Å². The summed E-state index contributed by atoms with van der Waals surface area (Å²) in [5.74, 6) is -1.18. The summed E-state index contributed by atoms with van der Waals surface area (Å²) in [6, 6.07) is 13.4. The van der Waals surface area contributed by atoms with Crippen LogP contribution in [-0.2, 0) is 9.53 Å². The summed E-state index contributed by atoms with van der Waals surface area (Å²) < 4.78 is 5.43. The zero-order valence-corrected chi connectivity index (χ0v) is 20.1. The number of carboxylic acid groups (broad SMARTS) is 1. The third-order valence-corrected chi connectivity index (χ3v) is 5.87. The van der Waals surface area contributed by atoms with Gasteiger partial charge in [-0.2, -0.15) is 0 Å². The number of H-pyrrole nitrogens is 1. The van der Waals surface area contributed by atoms with Crippen LogP contribution < -0.4 is 5.32 Å². The van der Waals surface area contributed by atoms with E-state index in [-0.39, 0.29) is 12.0 Å². The Morgan fingerprint density at radius 3 is 2.34 bits per heavy atom. The Labute approximate surface area is 203 Å². The van der Waals surface area contributed by atoms with Crippen molar-refractivity contribution < 1.29 is 24.2 Å². The number of nitrogens with zero attached hydrogens (tertiary/aromatic N) is 2. The average Bonchev–Trinajstić information content (AvgIpc) is 3.21. The second-order valence-electron chi connectivity index (χ2n) is 9.57. The van der Waals surface area contributed by atoms with E-state index in [1.165, 1.54) is 0 Å². The number of piperazine rings is 1. The molecule has 1 saturated heterocycles. The Bertz CT molecular complexity index is 1220. The lowest BCUT2D eigenvalue weighted by Crippen LogP contribution is -2.51. The first-order valence-corrected chi connectivity index (χ1v) is 11.5. The summed E-state index contributed by atoms with van der Waals surface area (Å²) in [6.45, 7) is 7.04. The minimum Gasteiger partial charge on any atom is -0.480 e. The number of aliphatic carboxylic acids is 1. The van der Waals surface area contributed by atoms with Crippen LogP contribution >= 0.6 is 0 Å². The number of fused-ring (bicyclic) bond motifs is 1. The Balaban J connectivity index is 1.48. The highest BCUT2D eigenvalue weighted by atomic mass is 16.6. The largest absolute Gasteiger partial charge is 0.480 e. The Morgan fingerprint density at radius 1 is 1.03 bits per heavy atom. The van der Waals surface area contributed by atoms with E-state index >= 15 is 0 Å². The Morgan fingerprint density at radius 2 is 1.71 bits per heavy atom. The number of hydrogen-bond donors (Lipinski definition) is 3. The van der Waals surface area contributed by atoms with Crippen LogP contribution in [0.4, 0.5) is 10.5 Å². The molecule has 4 rings (SSSR count). The molecule has 9 nitrogen and oxygen atoms in total. The van der Waals surface area contributed by atoms with Crippen LogP contribution in [0.15, 0.2) is 54.7 Å². The third-order valence-electron chi connectivity index (χ3n) is 5.87. The summed E-state index contributed by atoms with van der Waals surface area (Å²) >= 11 is 0. The highest BCUT2D eigenvalue weighted by molar-refractivity contribution is 6.05. The van der Waals surface area contributed by atoms with E-state index in [0.29, 0.717) is 43.0 Å². The number of benzene rings is 2. The van der Waals surface area contributed by atoms with Crippen molar-refractivity contribution in [1.29, 1.82) is 0 Å². The second kappa shape index (κ2) is 9.79. The van der Waals surface area contributed by atoms with Crippen molar-refractivity contribution in [2.24, 2.45) is 0 Å². The molecule has 1 aliphatic heterocycles. The molecule has 2 aromatic carbocycles. The monoisotopic (exact) mass is 478 g/mol. The van der Waals surface area contributed by atoms with Crippen LogP contribution in [0.5, 0.6) is 0 Å². The molecule has 2 amide bonds. The van der Waals surface area contributed by atoms with Crippen LogP contribution in [-0.4, -0.2) is 69.6 Å². The second-order valence-corrected chi connectivity index (χ2v) is 9.57. The van der Waals surface area contributed by atoms with Crippen molar-refractivity contribution in [3.8, 4) is 0 Å². The molecule has 1 unspecified atom stereocenters. The lowest BCUT2D eigenvalue weighted by molar-refractivity contribution is -0.144. The van der Waals surface area contributed by atoms with Crippen molar-refractivity contribution in [3.05, 3.63) is 65.9 Å². The van der Waals surface area contributed by atoms with Gasteiger partial charge in [0.25, 0.3) is 5.91 Å². The lowest BCUT2D eigenvalue weighted by atomic mass is 10.0. The maximum atomic E-state index is 12.5. The average molecular weight is 479 g/mol. The first-order valence-electron chi connectivity index (χ1n) is 11.5. The summed E-state index contributed by atoms with van der Waals surface area (Å²) in [7, 11) is 0. The molecule has 0 bridgehead atoms. The van der Waals surface area contributed by atoms with Gasteiger partial charge in [-0.05, 0) is 45.0 Å². The number of ether oxygens (including phenoxy) is 1. The van der Waals surface area contributed by atoms with Crippen LogP contribution in [0.2, 0.25) is 0 Å². The molecule has 0 spiro atoms. The fourth-order valence-electron chi connectivity index (χ4n) is 4.22. The van der Waals surface area contributed by atoms with Crippen molar-refractivity contribution in [2.75, 3.05) is 31.5 Å². The highest BCUT2D eigenvalue weighted by Crippen LogP contribution is 2.31. The zero-order valence-electron chi connectivity index (χ0n) is 20.1. The summed E-state index contributed by atoms with van der Waals surface area (Å²) in [6.07, 6.45) is 1.31. The molecule has 0 saturated carbocycles. The third kappa shape index (κ3) is 5.63. The predicted octanol–water partition coefficient (Wildman–Crippen LogP) is 4.10. The van der Waals surface area contributed by atoms with Crippen molar-refractivity contribution in [2.45, 2.75) is 32.4 Å². The number of nitrogens with one attached hydrogen (secondary N) is 2. The van der Waals surface area contributed by atoms with Gasteiger partial charge < -0.3 is 25.0 Å². The van der Waals surface area contributed by atoms with E-state index in [4.69, 9.17) is 4.74 Å². The molecule has 184 valence electrons. The van der Waals surface area contributed by atoms with Crippen LogP contribution in [0.25, 0.3) is 10.9 Å². The van der Waals surface area contributed by atoms with Gasteiger partial charge >= 0.3 is 12.1 Å². The molecule has 35 heavy (non-hydrogen) atoms. The first kappa shape index (κ1) is 24.3. The van der Waals surface area contributed by atoms with Crippen LogP contribution in [0.3, 0.4) is 0 Å². The number of anilines is 1. The smallest absolute Gasteiger partial charge is 0.410 e.